The van der Waals surface area contributed by atoms with Gasteiger partial charge in [0, 0.05) is 38.2 Å². The molecule has 4 rings (SSSR count). The Kier molecular flexibility index (Phi) is 4.78. The van der Waals surface area contributed by atoms with Crippen LogP contribution in [0.5, 0.6) is 5.88 Å². The summed E-state index contributed by atoms with van der Waals surface area (Å²) in [5.74, 6) is -2.65. The molecule has 2 bridgehead atoms. The molecule has 0 aromatic carbocycles. The lowest BCUT2D eigenvalue weighted by molar-refractivity contribution is -0.199. The number of pyridine rings is 1. The fraction of sp³-hybridized carbons (Fsp3) is 0.684. The SMILES string of the molecule is Cc1ccnc(OC2CCN(C(=O)C3C4CCC(O4)C3C(F)(F)F)CC2)c1. The Hall–Kier alpha value is -1.83. The number of amides is 1. The zero-order chi connectivity index (χ0) is 19.2. The van der Waals surface area contributed by atoms with Gasteiger partial charge in [-0.2, -0.15) is 13.2 Å². The number of ether oxygens (including phenoxy) is 2. The van der Waals surface area contributed by atoms with Crippen LogP contribution in [0.4, 0.5) is 13.2 Å². The molecule has 0 saturated carbocycles. The Bertz CT molecular complexity index is 704. The maximum atomic E-state index is 13.5. The van der Waals surface area contributed by atoms with Crippen LogP contribution in [0.3, 0.4) is 0 Å². The molecular weight excluding hydrogens is 361 g/mol. The van der Waals surface area contributed by atoms with Gasteiger partial charge in [0.15, 0.2) is 0 Å². The summed E-state index contributed by atoms with van der Waals surface area (Å²) in [7, 11) is 0. The van der Waals surface area contributed by atoms with Crippen LogP contribution < -0.4 is 4.74 Å². The van der Waals surface area contributed by atoms with Gasteiger partial charge in [-0.05, 0) is 31.4 Å². The van der Waals surface area contributed by atoms with Crippen molar-refractivity contribution in [1.29, 1.82) is 0 Å². The summed E-state index contributed by atoms with van der Waals surface area (Å²) in [4.78, 5) is 18.6. The largest absolute Gasteiger partial charge is 0.474 e. The van der Waals surface area contributed by atoms with Crippen molar-refractivity contribution in [1.82, 2.24) is 9.88 Å². The minimum Gasteiger partial charge on any atom is -0.474 e. The zero-order valence-electron chi connectivity index (χ0n) is 15.1. The predicted octanol–water partition coefficient (Wildman–Crippen LogP) is 3.12. The van der Waals surface area contributed by atoms with Crippen molar-refractivity contribution < 1.29 is 27.4 Å². The summed E-state index contributed by atoms with van der Waals surface area (Å²) >= 11 is 0. The van der Waals surface area contributed by atoms with E-state index in [9.17, 15) is 18.0 Å². The van der Waals surface area contributed by atoms with Crippen LogP contribution >= 0.6 is 0 Å². The van der Waals surface area contributed by atoms with E-state index in [0.29, 0.717) is 44.7 Å². The number of hydrogen-bond acceptors (Lipinski definition) is 4. The first-order valence-electron chi connectivity index (χ1n) is 9.43. The second kappa shape index (κ2) is 6.96. The number of halogens is 3. The minimum atomic E-state index is -4.40. The van der Waals surface area contributed by atoms with Crippen molar-refractivity contribution in [2.45, 2.75) is 57.1 Å². The smallest absolute Gasteiger partial charge is 0.395 e. The summed E-state index contributed by atoms with van der Waals surface area (Å²) < 4.78 is 51.7. The van der Waals surface area contributed by atoms with Crippen LogP contribution in [-0.2, 0) is 9.53 Å². The third-order valence-electron chi connectivity index (χ3n) is 5.87. The predicted molar refractivity (Wildman–Crippen MR) is 90.1 cm³/mol. The van der Waals surface area contributed by atoms with E-state index in [1.54, 1.807) is 11.1 Å². The Morgan fingerprint density at radius 1 is 1.22 bits per heavy atom. The Morgan fingerprint density at radius 3 is 2.59 bits per heavy atom. The van der Waals surface area contributed by atoms with E-state index in [4.69, 9.17) is 9.47 Å². The number of nitrogens with zero attached hydrogens (tertiary/aromatic N) is 2. The summed E-state index contributed by atoms with van der Waals surface area (Å²) in [6, 6.07) is 3.72. The van der Waals surface area contributed by atoms with Gasteiger partial charge in [-0.3, -0.25) is 4.79 Å². The molecule has 3 aliphatic heterocycles. The molecule has 5 nitrogen and oxygen atoms in total. The van der Waals surface area contributed by atoms with Gasteiger partial charge in [0.05, 0.1) is 24.0 Å². The second-order valence-corrected chi connectivity index (χ2v) is 7.70. The van der Waals surface area contributed by atoms with Crippen molar-refractivity contribution in [3.63, 3.8) is 0 Å². The first-order chi connectivity index (χ1) is 12.8. The number of carbonyl (C=O) groups excluding carboxylic acids is 1. The van der Waals surface area contributed by atoms with Gasteiger partial charge in [0.2, 0.25) is 11.8 Å². The molecule has 148 valence electrons. The highest BCUT2D eigenvalue weighted by Gasteiger charge is 2.63. The zero-order valence-corrected chi connectivity index (χ0v) is 15.1. The third-order valence-corrected chi connectivity index (χ3v) is 5.87. The average Bonchev–Trinajstić information content (AvgIpc) is 3.22. The van der Waals surface area contributed by atoms with Crippen LogP contribution in [0.15, 0.2) is 18.3 Å². The van der Waals surface area contributed by atoms with Crippen LogP contribution in [0.2, 0.25) is 0 Å². The number of aromatic nitrogens is 1. The summed E-state index contributed by atoms with van der Waals surface area (Å²) in [6.07, 6.45) is -2.19. The van der Waals surface area contributed by atoms with Gasteiger partial charge in [-0.1, -0.05) is 0 Å². The van der Waals surface area contributed by atoms with Gasteiger partial charge in [0.25, 0.3) is 0 Å². The Balaban J connectivity index is 1.37. The van der Waals surface area contributed by atoms with Crippen molar-refractivity contribution >= 4 is 5.91 Å². The van der Waals surface area contributed by atoms with E-state index in [1.165, 1.54) is 0 Å². The average molecular weight is 384 g/mol. The van der Waals surface area contributed by atoms with Crippen LogP contribution in [0.25, 0.3) is 0 Å². The van der Waals surface area contributed by atoms with Gasteiger partial charge in [0.1, 0.15) is 6.10 Å². The molecule has 3 saturated heterocycles. The number of rotatable bonds is 3. The molecule has 4 unspecified atom stereocenters. The number of aryl methyl sites for hydroxylation is 1. The highest BCUT2D eigenvalue weighted by Crippen LogP contribution is 2.51. The first kappa shape index (κ1) is 18.5. The number of fused-ring (bicyclic) bond motifs is 2. The molecule has 27 heavy (non-hydrogen) atoms. The van der Waals surface area contributed by atoms with Gasteiger partial charge >= 0.3 is 6.18 Å². The number of hydrogen-bond donors (Lipinski definition) is 0. The molecule has 0 N–H and O–H groups in total. The molecular formula is C19H23F3N2O3. The number of likely N-dealkylation sites (tertiary alicyclic amines) is 1. The molecule has 0 aliphatic carbocycles. The Labute approximate surface area is 155 Å². The summed E-state index contributed by atoms with van der Waals surface area (Å²) in [6.45, 7) is 2.74. The fourth-order valence-corrected chi connectivity index (χ4v) is 4.56. The van der Waals surface area contributed by atoms with Crippen LogP contribution in [0, 0.1) is 18.8 Å². The first-order valence-corrected chi connectivity index (χ1v) is 9.43. The third kappa shape index (κ3) is 3.63. The molecule has 0 spiro atoms. The van der Waals surface area contributed by atoms with E-state index >= 15 is 0 Å². The molecule has 3 aliphatic rings. The van der Waals surface area contributed by atoms with Crippen molar-refractivity contribution in [2.75, 3.05) is 13.1 Å². The molecule has 3 fully saturated rings. The molecule has 1 aromatic heterocycles. The summed E-state index contributed by atoms with van der Waals surface area (Å²) in [5.41, 5.74) is 1.04. The lowest BCUT2D eigenvalue weighted by Gasteiger charge is -2.36. The molecule has 1 amide bonds. The molecule has 8 heteroatoms. The maximum absolute atomic E-state index is 13.5. The number of alkyl halides is 3. The number of carbonyl (C=O) groups is 1. The van der Waals surface area contributed by atoms with E-state index in [2.05, 4.69) is 4.98 Å². The lowest BCUT2D eigenvalue weighted by Crippen LogP contribution is -2.50. The standard InChI is InChI=1S/C19H23F3N2O3/c1-11-4-7-23-15(10-11)26-12-5-8-24(9-6-12)18(25)16-13-2-3-14(27-13)17(16)19(20,21)22/h4,7,10,12-14,16-17H,2-3,5-6,8-9H2,1H3. The minimum absolute atomic E-state index is 0.0851. The highest BCUT2D eigenvalue weighted by molar-refractivity contribution is 5.80. The quantitative estimate of drug-likeness (QED) is 0.804. The molecule has 0 radical (unpaired) electrons. The van der Waals surface area contributed by atoms with Crippen molar-refractivity contribution in [3.05, 3.63) is 23.9 Å². The van der Waals surface area contributed by atoms with E-state index < -0.39 is 36.1 Å². The monoisotopic (exact) mass is 384 g/mol. The van der Waals surface area contributed by atoms with Crippen molar-refractivity contribution in [3.8, 4) is 5.88 Å². The molecule has 4 atom stereocenters. The normalized spacial score (nSPS) is 31.3. The Morgan fingerprint density at radius 2 is 1.93 bits per heavy atom. The lowest BCUT2D eigenvalue weighted by atomic mass is 9.77. The van der Waals surface area contributed by atoms with Gasteiger partial charge in [-0.15, -0.1) is 0 Å². The number of piperidine rings is 1. The summed E-state index contributed by atoms with van der Waals surface area (Å²) in [5, 5.41) is 0. The van der Waals surface area contributed by atoms with Crippen molar-refractivity contribution in [2.24, 2.45) is 11.8 Å². The van der Waals surface area contributed by atoms with Crippen LogP contribution in [-0.4, -0.2) is 53.4 Å². The molecule has 4 heterocycles. The van der Waals surface area contributed by atoms with Crippen LogP contribution in [0.1, 0.15) is 31.2 Å². The van der Waals surface area contributed by atoms with Gasteiger partial charge < -0.3 is 14.4 Å². The second-order valence-electron chi connectivity index (χ2n) is 7.70. The molecule has 1 aromatic rings. The maximum Gasteiger partial charge on any atom is 0.395 e. The van der Waals surface area contributed by atoms with E-state index in [1.807, 2.05) is 19.1 Å². The van der Waals surface area contributed by atoms with E-state index in [-0.39, 0.29) is 6.10 Å². The highest BCUT2D eigenvalue weighted by atomic mass is 19.4. The topological polar surface area (TPSA) is 51.7 Å². The van der Waals surface area contributed by atoms with E-state index in [0.717, 1.165) is 5.56 Å². The van der Waals surface area contributed by atoms with Gasteiger partial charge in [-0.25, -0.2) is 4.98 Å². The fourth-order valence-electron chi connectivity index (χ4n) is 4.56.